The number of carbonyl (C=O) groups is 1. The van der Waals surface area contributed by atoms with Crippen molar-refractivity contribution in [3.05, 3.63) is 94.6 Å². The number of para-hydroxylation sites is 2. The van der Waals surface area contributed by atoms with E-state index in [1.165, 1.54) is 0 Å². The van der Waals surface area contributed by atoms with Gasteiger partial charge in [-0.25, -0.2) is 0 Å². The van der Waals surface area contributed by atoms with Gasteiger partial charge in [-0.2, -0.15) is 0 Å². The van der Waals surface area contributed by atoms with Crippen molar-refractivity contribution in [2.45, 2.75) is 20.0 Å². The van der Waals surface area contributed by atoms with E-state index in [-0.39, 0.29) is 17.9 Å². The Morgan fingerprint density at radius 3 is 1.93 bits per heavy atom. The number of likely N-dealkylation sites (N-methyl/N-ethyl adjacent to an activating group) is 1. The van der Waals surface area contributed by atoms with Crippen LogP contribution in [-0.4, -0.2) is 21.9 Å². The van der Waals surface area contributed by atoms with Gasteiger partial charge < -0.3 is 9.47 Å². The number of hydrogen-bond donors (Lipinski definition) is 0. The lowest BCUT2D eigenvalue weighted by Crippen LogP contribution is -2.33. The predicted molar refractivity (Wildman–Crippen MR) is 113 cm³/mol. The standard InChI is InChI=1S/C24H22N2O2/c1-2-25(16-18-10-4-3-5-11-18)23(27)17-26-21-14-8-6-12-19(21)24(28)20-13-7-9-15-22(20)26/h3-15H,2,16-17H2,1H3. The molecule has 0 aliphatic carbocycles. The molecule has 28 heavy (non-hydrogen) atoms. The van der Waals surface area contributed by atoms with E-state index in [1.54, 1.807) is 0 Å². The molecule has 140 valence electrons. The first-order chi connectivity index (χ1) is 13.7. The number of aromatic nitrogens is 1. The SMILES string of the molecule is CCN(Cc1ccccc1)C(=O)Cn1c2ccccc2c(=O)c2ccccc21. The van der Waals surface area contributed by atoms with Gasteiger partial charge in [0.05, 0.1) is 11.0 Å². The van der Waals surface area contributed by atoms with Gasteiger partial charge in [0, 0.05) is 23.9 Å². The molecule has 4 aromatic rings. The van der Waals surface area contributed by atoms with Crippen LogP contribution in [0.4, 0.5) is 0 Å². The lowest BCUT2D eigenvalue weighted by molar-refractivity contribution is -0.132. The second-order valence-corrected chi connectivity index (χ2v) is 6.84. The van der Waals surface area contributed by atoms with Gasteiger partial charge in [0.15, 0.2) is 5.43 Å². The van der Waals surface area contributed by atoms with Crippen molar-refractivity contribution in [2.75, 3.05) is 6.54 Å². The van der Waals surface area contributed by atoms with Crippen LogP contribution >= 0.6 is 0 Å². The van der Waals surface area contributed by atoms with E-state index in [0.717, 1.165) is 16.6 Å². The van der Waals surface area contributed by atoms with Gasteiger partial charge in [0.25, 0.3) is 0 Å². The van der Waals surface area contributed by atoms with E-state index < -0.39 is 0 Å². The van der Waals surface area contributed by atoms with Crippen LogP contribution in [-0.2, 0) is 17.9 Å². The fraction of sp³-hybridized carbons (Fsp3) is 0.167. The molecule has 0 N–H and O–H groups in total. The highest BCUT2D eigenvalue weighted by Gasteiger charge is 2.16. The summed E-state index contributed by atoms with van der Waals surface area (Å²) in [5.41, 5.74) is 2.68. The number of rotatable bonds is 5. The number of hydrogen-bond acceptors (Lipinski definition) is 2. The zero-order valence-electron chi connectivity index (χ0n) is 15.8. The Labute approximate surface area is 163 Å². The molecule has 0 saturated heterocycles. The highest BCUT2D eigenvalue weighted by atomic mass is 16.2. The van der Waals surface area contributed by atoms with Crippen LogP contribution < -0.4 is 5.43 Å². The van der Waals surface area contributed by atoms with E-state index in [4.69, 9.17) is 0 Å². The Balaban J connectivity index is 1.77. The molecule has 1 amide bonds. The third-order valence-electron chi connectivity index (χ3n) is 5.12. The summed E-state index contributed by atoms with van der Waals surface area (Å²) in [7, 11) is 0. The van der Waals surface area contributed by atoms with Gasteiger partial charge in [-0.05, 0) is 36.8 Å². The van der Waals surface area contributed by atoms with E-state index >= 15 is 0 Å². The summed E-state index contributed by atoms with van der Waals surface area (Å²) in [6.45, 7) is 3.39. The molecule has 0 unspecified atom stereocenters. The van der Waals surface area contributed by atoms with E-state index in [9.17, 15) is 9.59 Å². The average molecular weight is 370 g/mol. The normalized spacial score (nSPS) is 11.0. The van der Waals surface area contributed by atoms with Crippen LogP contribution in [0.3, 0.4) is 0 Å². The van der Waals surface area contributed by atoms with Crippen LogP contribution in [0.1, 0.15) is 12.5 Å². The number of nitrogens with zero attached hydrogens (tertiary/aromatic N) is 2. The summed E-state index contributed by atoms with van der Waals surface area (Å²) in [5.74, 6) is 0.0327. The Kier molecular flexibility index (Phi) is 4.94. The highest BCUT2D eigenvalue weighted by Crippen LogP contribution is 2.19. The number of carbonyl (C=O) groups excluding carboxylic acids is 1. The molecule has 1 heterocycles. The summed E-state index contributed by atoms with van der Waals surface area (Å²) in [5, 5.41) is 1.28. The van der Waals surface area contributed by atoms with Gasteiger partial charge >= 0.3 is 0 Å². The van der Waals surface area contributed by atoms with Crippen molar-refractivity contribution in [3.8, 4) is 0 Å². The van der Waals surface area contributed by atoms with Gasteiger partial charge in [0.2, 0.25) is 5.91 Å². The minimum absolute atomic E-state index is 0.00605. The molecule has 0 spiro atoms. The predicted octanol–water partition coefficient (Wildman–Crippen LogP) is 4.20. The lowest BCUT2D eigenvalue weighted by Gasteiger charge is -2.23. The largest absolute Gasteiger partial charge is 0.337 e. The highest BCUT2D eigenvalue weighted by molar-refractivity contribution is 5.94. The third-order valence-corrected chi connectivity index (χ3v) is 5.12. The van der Waals surface area contributed by atoms with Crippen LogP contribution in [0.5, 0.6) is 0 Å². The Morgan fingerprint density at radius 2 is 1.36 bits per heavy atom. The smallest absolute Gasteiger partial charge is 0.242 e. The number of amides is 1. The molecular weight excluding hydrogens is 348 g/mol. The van der Waals surface area contributed by atoms with Crippen LogP contribution in [0.2, 0.25) is 0 Å². The van der Waals surface area contributed by atoms with Crippen molar-refractivity contribution in [2.24, 2.45) is 0 Å². The monoisotopic (exact) mass is 370 g/mol. The molecule has 4 heteroatoms. The van der Waals surface area contributed by atoms with E-state index in [0.29, 0.717) is 23.9 Å². The van der Waals surface area contributed by atoms with Crippen LogP contribution in [0.25, 0.3) is 21.8 Å². The zero-order valence-corrected chi connectivity index (χ0v) is 15.8. The quantitative estimate of drug-likeness (QED) is 0.494. The minimum atomic E-state index is 0.00605. The molecular formula is C24H22N2O2. The molecule has 0 aliphatic heterocycles. The lowest BCUT2D eigenvalue weighted by atomic mass is 10.1. The van der Waals surface area contributed by atoms with Gasteiger partial charge in [0.1, 0.15) is 6.54 Å². The maximum absolute atomic E-state index is 13.1. The average Bonchev–Trinajstić information content (AvgIpc) is 2.75. The molecule has 4 rings (SSSR count). The molecule has 0 atom stereocenters. The Bertz CT molecular complexity index is 1140. The molecule has 3 aromatic carbocycles. The first-order valence-electron chi connectivity index (χ1n) is 9.51. The Morgan fingerprint density at radius 1 is 0.821 bits per heavy atom. The Hall–Kier alpha value is -3.40. The van der Waals surface area contributed by atoms with E-state index in [1.807, 2.05) is 95.3 Å². The fourth-order valence-electron chi connectivity index (χ4n) is 3.66. The molecule has 4 nitrogen and oxygen atoms in total. The summed E-state index contributed by atoms with van der Waals surface area (Å²) in [6, 6.07) is 25.0. The molecule has 0 fully saturated rings. The first kappa shape index (κ1) is 18.0. The number of benzene rings is 3. The van der Waals surface area contributed by atoms with Crippen LogP contribution in [0.15, 0.2) is 83.7 Å². The summed E-state index contributed by atoms with van der Waals surface area (Å²) >= 11 is 0. The maximum atomic E-state index is 13.1. The fourth-order valence-corrected chi connectivity index (χ4v) is 3.66. The van der Waals surface area contributed by atoms with Gasteiger partial charge in [-0.3, -0.25) is 9.59 Å². The minimum Gasteiger partial charge on any atom is -0.337 e. The molecule has 0 aliphatic rings. The molecule has 0 saturated carbocycles. The van der Waals surface area contributed by atoms with Gasteiger partial charge in [-0.15, -0.1) is 0 Å². The second kappa shape index (κ2) is 7.69. The van der Waals surface area contributed by atoms with Crippen molar-refractivity contribution in [1.29, 1.82) is 0 Å². The van der Waals surface area contributed by atoms with Gasteiger partial charge in [-0.1, -0.05) is 54.6 Å². The van der Waals surface area contributed by atoms with Crippen LogP contribution in [0, 0.1) is 0 Å². The summed E-state index contributed by atoms with van der Waals surface area (Å²) in [4.78, 5) is 27.8. The molecule has 0 bridgehead atoms. The number of pyridine rings is 1. The second-order valence-electron chi connectivity index (χ2n) is 6.84. The topological polar surface area (TPSA) is 42.3 Å². The molecule has 0 radical (unpaired) electrons. The van der Waals surface area contributed by atoms with Crippen molar-refractivity contribution < 1.29 is 4.79 Å². The summed E-state index contributed by atoms with van der Waals surface area (Å²) in [6.07, 6.45) is 0. The zero-order chi connectivity index (χ0) is 19.5. The molecule has 1 aromatic heterocycles. The first-order valence-corrected chi connectivity index (χ1v) is 9.51. The third kappa shape index (κ3) is 3.29. The van der Waals surface area contributed by atoms with Crippen molar-refractivity contribution in [3.63, 3.8) is 0 Å². The van der Waals surface area contributed by atoms with Crippen molar-refractivity contribution >= 4 is 27.7 Å². The number of fused-ring (bicyclic) bond motifs is 2. The maximum Gasteiger partial charge on any atom is 0.242 e. The van der Waals surface area contributed by atoms with Crippen molar-refractivity contribution in [1.82, 2.24) is 9.47 Å². The summed E-state index contributed by atoms with van der Waals surface area (Å²) < 4.78 is 1.96. The van der Waals surface area contributed by atoms with E-state index in [2.05, 4.69) is 0 Å².